The summed E-state index contributed by atoms with van der Waals surface area (Å²) in [6, 6.07) is 0. The Morgan fingerprint density at radius 3 is 2.93 bits per heavy atom. The fourth-order valence-electron chi connectivity index (χ4n) is 3.25. The third kappa shape index (κ3) is 1.82. The van der Waals surface area contributed by atoms with Gasteiger partial charge in [0.15, 0.2) is 0 Å². The first-order valence-electron chi connectivity index (χ1n) is 6.04. The van der Waals surface area contributed by atoms with Crippen molar-refractivity contribution in [1.29, 1.82) is 0 Å². The van der Waals surface area contributed by atoms with Gasteiger partial charge in [-0.2, -0.15) is 0 Å². The molecule has 2 aliphatic carbocycles. The number of hydrogen-bond acceptors (Lipinski definition) is 0. The van der Waals surface area contributed by atoms with Gasteiger partial charge in [-0.1, -0.05) is 43.4 Å². The molecule has 0 aromatic heterocycles. The molecule has 0 N–H and O–H groups in total. The highest BCUT2D eigenvalue weighted by molar-refractivity contribution is 5.27. The Morgan fingerprint density at radius 2 is 2.27 bits per heavy atom. The maximum absolute atomic E-state index is 4.22. The second-order valence-electron chi connectivity index (χ2n) is 5.71. The third-order valence-electron chi connectivity index (χ3n) is 4.49. The van der Waals surface area contributed by atoms with Crippen LogP contribution in [-0.2, 0) is 0 Å². The van der Waals surface area contributed by atoms with Gasteiger partial charge in [-0.3, -0.25) is 0 Å². The molecule has 0 nitrogen and oxygen atoms in total. The minimum absolute atomic E-state index is 0.484. The number of fused-ring (bicyclic) bond motifs is 1. The molecule has 0 radical (unpaired) electrons. The summed E-state index contributed by atoms with van der Waals surface area (Å²) in [6.45, 7) is 12.9. The highest BCUT2D eigenvalue weighted by Crippen LogP contribution is 2.52. The van der Waals surface area contributed by atoms with E-state index in [1.165, 1.54) is 36.8 Å². The van der Waals surface area contributed by atoms with Crippen LogP contribution in [0.2, 0.25) is 0 Å². The Labute approximate surface area is 93.8 Å². The van der Waals surface area contributed by atoms with Crippen LogP contribution in [-0.4, -0.2) is 0 Å². The van der Waals surface area contributed by atoms with Crippen LogP contribution in [0.25, 0.3) is 0 Å². The smallest absolute Gasteiger partial charge is 0.0105 e. The van der Waals surface area contributed by atoms with Gasteiger partial charge < -0.3 is 0 Å². The van der Waals surface area contributed by atoms with Crippen LogP contribution in [0.1, 0.15) is 39.5 Å². The first-order chi connectivity index (χ1) is 7.03. The van der Waals surface area contributed by atoms with E-state index in [2.05, 4.69) is 39.2 Å². The quantitative estimate of drug-likeness (QED) is 0.549. The van der Waals surface area contributed by atoms with Gasteiger partial charge >= 0.3 is 0 Å². The molecule has 0 bridgehead atoms. The summed E-state index contributed by atoms with van der Waals surface area (Å²) in [5.74, 6) is 1.42. The van der Waals surface area contributed by atoms with Crippen LogP contribution < -0.4 is 0 Å². The normalized spacial score (nSPS) is 40.0. The molecule has 0 saturated heterocycles. The van der Waals surface area contributed by atoms with Crippen LogP contribution in [0, 0.1) is 17.3 Å². The molecule has 0 spiro atoms. The van der Waals surface area contributed by atoms with Crippen molar-refractivity contribution < 1.29 is 0 Å². The lowest BCUT2D eigenvalue weighted by Crippen LogP contribution is -2.36. The van der Waals surface area contributed by atoms with Gasteiger partial charge in [0, 0.05) is 0 Å². The van der Waals surface area contributed by atoms with Crippen LogP contribution in [0.4, 0.5) is 0 Å². The summed E-state index contributed by atoms with van der Waals surface area (Å²) in [5, 5.41) is 0. The standard InChI is InChI=1S/C15H22/c1-11(2)13-7-9-15(4)8-5-6-12(3)14(15)10-13/h5-6,13-14H,1,3,7-10H2,2,4H3/t13?,14?,15-/m1/s1. The SMILES string of the molecule is C=C(C)C1CC[C@@]2(C)CC=CC(=C)C2C1. The van der Waals surface area contributed by atoms with Crippen molar-refractivity contribution in [3.8, 4) is 0 Å². The van der Waals surface area contributed by atoms with E-state index >= 15 is 0 Å². The van der Waals surface area contributed by atoms with Crippen molar-refractivity contribution in [1.82, 2.24) is 0 Å². The largest absolute Gasteiger partial charge is 0.0999 e. The van der Waals surface area contributed by atoms with Crippen molar-refractivity contribution in [3.63, 3.8) is 0 Å². The second-order valence-corrected chi connectivity index (χ2v) is 5.71. The second kappa shape index (κ2) is 3.66. The van der Waals surface area contributed by atoms with E-state index in [-0.39, 0.29) is 0 Å². The first-order valence-corrected chi connectivity index (χ1v) is 6.04. The number of hydrogen-bond donors (Lipinski definition) is 0. The highest BCUT2D eigenvalue weighted by atomic mass is 14.5. The molecule has 1 fully saturated rings. The molecule has 2 unspecified atom stereocenters. The molecule has 0 aromatic rings. The highest BCUT2D eigenvalue weighted by Gasteiger charge is 2.41. The Kier molecular flexibility index (Phi) is 2.62. The fourth-order valence-corrected chi connectivity index (χ4v) is 3.25. The van der Waals surface area contributed by atoms with Gasteiger partial charge in [-0.25, -0.2) is 0 Å². The van der Waals surface area contributed by atoms with E-state index in [0.29, 0.717) is 11.3 Å². The van der Waals surface area contributed by atoms with E-state index in [0.717, 1.165) is 5.92 Å². The van der Waals surface area contributed by atoms with Gasteiger partial charge in [0.25, 0.3) is 0 Å². The van der Waals surface area contributed by atoms with E-state index in [1.54, 1.807) is 0 Å². The molecule has 2 rings (SSSR count). The van der Waals surface area contributed by atoms with E-state index < -0.39 is 0 Å². The van der Waals surface area contributed by atoms with E-state index in [1.807, 2.05) is 0 Å². The minimum atomic E-state index is 0.484. The molecular formula is C15H22. The summed E-state index contributed by atoms with van der Waals surface area (Å²) in [5.41, 5.74) is 3.19. The van der Waals surface area contributed by atoms with Crippen molar-refractivity contribution in [3.05, 3.63) is 36.5 Å². The van der Waals surface area contributed by atoms with Crippen LogP contribution in [0.5, 0.6) is 0 Å². The van der Waals surface area contributed by atoms with Gasteiger partial charge in [0.05, 0.1) is 0 Å². The van der Waals surface area contributed by atoms with Crippen LogP contribution >= 0.6 is 0 Å². The zero-order valence-electron chi connectivity index (χ0n) is 10.1. The Hall–Kier alpha value is -0.780. The molecule has 0 heterocycles. The predicted octanol–water partition coefficient (Wildman–Crippen LogP) is 4.50. The molecule has 0 aromatic carbocycles. The maximum atomic E-state index is 4.22. The van der Waals surface area contributed by atoms with Crippen molar-refractivity contribution in [2.45, 2.75) is 39.5 Å². The molecule has 82 valence electrons. The lowest BCUT2D eigenvalue weighted by molar-refractivity contribution is 0.117. The first kappa shape index (κ1) is 10.7. The fraction of sp³-hybridized carbons (Fsp3) is 0.600. The Morgan fingerprint density at radius 1 is 1.53 bits per heavy atom. The zero-order valence-corrected chi connectivity index (χ0v) is 10.1. The topological polar surface area (TPSA) is 0 Å². The third-order valence-corrected chi connectivity index (χ3v) is 4.49. The average Bonchev–Trinajstić information content (AvgIpc) is 2.17. The minimum Gasteiger partial charge on any atom is -0.0999 e. The summed E-state index contributed by atoms with van der Waals surface area (Å²) in [4.78, 5) is 0. The molecule has 0 aliphatic heterocycles. The number of allylic oxidation sites excluding steroid dienone is 4. The molecule has 0 heteroatoms. The summed E-state index contributed by atoms with van der Waals surface area (Å²) >= 11 is 0. The maximum Gasteiger partial charge on any atom is -0.0105 e. The average molecular weight is 202 g/mol. The van der Waals surface area contributed by atoms with E-state index in [4.69, 9.17) is 0 Å². The summed E-state index contributed by atoms with van der Waals surface area (Å²) in [6.07, 6.45) is 9.70. The van der Waals surface area contributed by atoms with Crippen LogP contribution in [0.3, 0.4) is 0 Å². The van der Waals surface area contributed by atoms with E-state index in [9.17, 15) is 0 Å². The molecule has 15 heavy (non-hydrogen) atoms. The monoisotopic (exact) mass is 202 g/mol. The molecule has 1 saturated carbocycles. The van der Waals surface area contributed by atoms with Gasteiger partial charge in [0.1, 0.15) is 0 Å². The van der Waals surface area contributed by atoms with Crippen molar-refractivity contribution in [2.24, 2.45) is 17.3 Å². The van der Waals surface area contributed by atoms with Gasteiger partial charge in [-0.15, -0.1) is 0 Å². The Bertz CT molecular complexity index is 321. The molecule has 0 amide bonds. The Balaban J connectivity index is 2.21. The molecule has 2 aliphatic rings. The van der Waals surface area contributed by atoms with Crippen molar-refractivity contribution in [2.75, 3.05) is 0 Å². The summed E-state index contributed by atoms with van der Waals surface area (Å²) in [7, 11) is 0. The predicted molar refractivity (Wildman–Crippen MR) is 66.6 cm³/mol. The van der Waals surface area contributed by atoms with Crippen molar-refractivity contribution >= 4 is 0 Å². The lowest BCUT2D eigenvalue weighted by Gasteiger charge is -2.47. The number of rotatable bonds is 1. The zero-order chi connectivity index (χ0) is 11.1. The summed E-state index contributed by atoms with van der Waals surface area (Å²) < 4.78 is 0. The lowest BCUT2D eigenvalue weighted by atomic mass is 9.58. The van der Waals surface area contributed by atoms with Gasteiger partial charge in [0.2, 0.25) is 0 Å². The molecule has 3 atom stereocenters. The van der Waals surface area contributed by atoms with Crippen LogP contribution in [0.15, 0.2) is 36.5 Å². The molecular weight excluding hydrogens is 180 g/mol. The van der Waals surface area contributed by atoms with Gasteiger partial charge in [-0.05, 0) is 49.9 Å².